The lowest BCUT2D eigenvalue weighted by atomic mass is 10.00. The van der Waals surface area contributed by atoms with E-state index in [1.165, 1.54) is 35.0 Å². The number of nitrogens with zero attached hydrogens (tertiary/aromatic N) is 3. The summed E-state index contributed by atoms with van der Waals surface area (Å²) in [4.78, 5) is 14.3. The van der Waals surface area contributed by atoms with Gasteiger partial charge in [0.25, 0.3) is 0 Å². The van der Waals surface area contributed by atoms with Crippen LogP contribution < -0.4 is 10.2 Å². The van der Waals surface area contributed by atoms with E-state index in [1.54, 1.807) is 0 Å². The monoisotopic (exact) mass is 428 g/mol. The number of nitrogens with one attached hydrogen (secondary N) is 1. The topological polar surface area (TPSA) is 58.1 Å². The normalized spacial score (nSPS) is 13.1. The first kappa shape index (κ1) is 19.7. The second-order valence-corrected chi connectivity index (χ2v) is 8.06. The van der Waals surface area contributed by atoms with E-state index in [-0.39, 0.29) is 22.4 Å². The van der Waals surface area contributed by atoms with Gasteiger partial charge in [-0.15, -0.1) is 10.2 Å². The van der Waals surface area contributed by atoms with Gasteiger partial charge in [-0.1, -0.05) is 47.6 Å². The highest BCUT2D eigenvalue weighted by Crippen LogP contribution is 2.24. The van der Waals surface area contributed by atoms with Gasteiger partial charge in [0.1, 0.15) is 10.8 Å². The molecule has 8 heteroatoms. The number of hydrogen-bond acceptors (Lipinski definition) is 5. The maximum atomic E-state index is 13.8. The summed E-state index contributed by atoms with van der Waals surface area (Å²) >= 11 is 6.96. The number of anilines is 2. The highest BCUT2D eigenvalue weighted by atomic mass is 35.5. The molecule has 0 atom stereocenters. The van der Waals surface area contributed by atoms with Gasteiger partial charge in [-0.3, -0.25) is 4.79 Å². The first-order valence-electron chi connectivity index (χ1n) is 9.11. The molecule has 0 radical (unpaired) electrons. The third kappa shape index (κ3) is 4.86. The zero-order valence-corrected chi connectivity index (χ0v) is 17.0. The van der Waals surface area contributed by atoms with E-state index in [9.17, 15) is 9.18 Å². The van der Waals surface area contributed by atoms with Gasteiger partial charge >= 0.3 is 0 Å². The molecule has 2 aromatic carbocycles. The fraction of sp³-hybridized carbons (Fsp3) is 0.190. The third-order valence-corrected chi connectivity index (χ3v) is 5.79. The average molecular weight is 429 g/mol. The molecule has 1 amide bonds. The molecule has 2 heterocycles. The van der Waals surface area contributed by atoms with Crippen LogP contribution in [0.25, 0.3) is 0 Å². The Morgan fingerprint density at radius 3 is 2.72 bits per heavy atom. The first-order valence-corrected chi connectivity index (χ1v) is 10.5. The van der Waals surface area contributed by atoms with Crippen LogP contribution in [0.1, 0.15) is 11.1 Å². The van der Waals surface area contributed by atoms with Crippen molar-refractivity contribution < 1.29 is 9.18 Å². The van der Waals surface area contributed by atoms with Crippen molar-refractivity contribution in [2.24, 2.45) is 0 Å². The van der Waals surface area contributed by atoms with Crippen molar-refractivity contribution >= 4 is 40.8 Å². The molecule has 1 aliphatic heterocycles. The van der Waals surface area contributed by atoms with Crippen LogP contribution in [0, 0.1) is 5.82 Å². The Hall–Kier alpha value is -2.64. The highest BCUT2D eigenvalue weighted by Gasteiger charge is 2.17. The molecule has 0 unspecified atom stereocenters. The van der Waals surface area contributed by atoms with Crippen LogP contribution >= 0.6 is 23.4 Å². The van der Waals surface area contributed by atoms with Gasteiger partial charge in [-0.05, 0) is 47.9 Å². The standard InChI is InChI=1S/C21H18ClFN4OS/c22-16-5-6-18(17(23)11-16)24-20(28)13-29-21-8-7-19(25-26-21)27-10-9-14-3-1-2-4-15(14)12-27/h1-8,11H,9-10,12-13H2,(H,24,28). The van der Waals surface area contributed by atoms with Crippen LogP contribution in [0.5, 0.6) is 0 Å². The van der Waals surface area contributed by atoms with E-state index in [1.807, 2.05) is 12.1 Å². The number of rotatable bonds is 5. The second-order valence-electron chi connectivity index (χ2n) is 6.63. The molecule has 4 rings (SSSR count). The molecule has 148 valence electrons. The summed E-state index contributed by atoms with van der Waals surface area (Å²) in [6.45, 7) is 1.71. The summed E-state index contributed by atoms with van der Waals surface area (Å²) < 4.78 is 13.8. The van der Waals surface area contributed by atoms with E-state index < -0.39 is 5.82 Å². The van der Waals surface area contributed by atoms with Crippen molar-refractivity contribution in [3.05, 3.63) is 76.6 Å². The Bertz CT molecular complexity index is 1030. The molecule has 3 aromatic rings. The van der Waals surface area contributed by atoms with Crippen LogP contribution in [0.4, 0.5) is 15.9 Å². The lowest BCUT2D eigenvalue weighted by Gasteiger charge is -2.29. The molecule has 0 aliphatic carbocycles. The summed E-state index contributed by atoms with van der Waals surface area (Å²) in [5.74, 6) is 0.0297. The van der Waals surface area contributed by atoms with Crippen LogP contribution in [0.2, 0.25) is 5.02 Å². The Morgan fingerprint density at radius 2 is 1.97 bits per heavy atom. The minimum Gasteiger partial charge on any atom is -0.350 e. The molecule has 29 heavy (non-hydrogen) atoms. The van der Waals surface area contributed by atoms with E-state index in [0.717, 1.165) is 31.4 Å². The van der Waals surface area contributed by atoms with Crippen molar-refractivity contribution in [1.29, 1.82) is 0 Å². The van der Waals surface area contributed by atoms with Crippen molar-refractivity contribution in [2.45, 2.75) is 18.0 Å². The van der Waals surface area contributed by atoms with Crippen LogP contribution in [-0.4, -0.2) is 28.4 Å². The molecule has 1 aliphatic rings. The maximum absolute atomic E-state index is 13.8. The van der Waals surface area contributed by atoms with Crippen molar-refractivity contribution in [3.63, 3.8) is 0 Å². The van der Waals surface area contributed by atoms with Gasteiger partial charge in [0.15, 0.2) is 5.82 Å². The van der Waals surface area contributed by atoms with E-state index in [2.05, 4.69) is 44.7 Å². The molecule has 0 saturated heterocycles. The smallest absolute Gasteiger partial charge is 0.234 e. The van der Waals surface area contributed by atoms with Gasteiger partial charge < -0.3 is 10.2 Å². The predicted molar refractivity (Wildman–Crippen MR) is 114 cm³/mol. The number of fused-ring (bicyclic) bond motifs is 1. The number of thioether (sulfide) groups is 1. The molecule has 0 bridgehead atoms. The number of carbonyl (C=O) groups is 1. The fourth-order valence-corrected chi connectivity index (χ4v) is 3.94. The first-order chi connectivity index (χ1) is 14.1. The number of amides is 1. The molecule has 5 nitrogen and oxygen atoms in total. The van der Waals surface area contributed by atoms with Crippen LogP contribution in [-0.2, 0) is 17.8 Å². The zero-order valence-electron chi connectivity index (χ0n) is 15.4. The lowest BCUT2D eigenvalue weighted by molar-refractivity contribution is -0.113. The van der Waals surface area contributed by atoms with Crippen molar-refractivity contribution in [3.8, 4) is 0 Å². The molecule has 0 fully saturated rings. The van der Waals surface area contributed by atoms with Gasteiger partial charge in [-0.2, -0.15) is 0 Å². The SMILES string of the molecule is O=C(CSc1ccc(N2CCc3ccccc3C2)nn1)Nc1ccc(Cl)cc1F. The molecule has 0 saturated carbocycles. The molecule has 1 N–H and O–H groups in total. The summed E-state index contributed by atoms with van der Waals surface area (Å²) in [5, 5.41) is 12.0. The quantitative estimate of drug-likeness (QED) is 0.603. The minimum absolute atomic E-state index is 0.104. The van der Waals surface area contributed by atoms with E-state index in [0.29, 0.717) is 5.03 Å². The third-order valence-electron chi connectivity index (χ3n) is 4.64. The Labute approximate surface area is 177 Å². The Balaban J connectivity index is 1.32. The second kappa shape index (κ2) is 8.80. The van der Waals surface area contributed by atoms with Gasteiger partial charge in [-0.25, -0.2) is 4.39 Å². The van der Waals surface area contributed by atoms with Gasteiger partial charge in [0.2, 0.25) is 5.91 Å². The largest absolute Gasteiger partial charge is 0.350 e. The van der Waals surface area contributed by atoms with Gasteiger partial charge in [0.05, 0.1) is 11.4 Å². The Kier molecular flexibility index (Phi) is 5.97. The summed E-state index contributed by atoms with van der Waals surface area (Å²) in [6, 6.07) is 16.3. The minimum atomic E-state index is -0.567. The van der Waals surface area contributed by atoms with Crippen LogP contribution in [0.3, 0.4) is 0 Å². The number of halogens is 2. The summed E-state index contributed by atoms with van der Waals surface area (Å²) in [7, 11) is 0. The lowest BCUT2D eigenvalue weighted by Crippen LogP contribution is -2.31. The van der Waals surface area contributed by atoms with Crippen molar-refractivity contribution in [2.75, 3.05) is 22.5 Å². The fourth-order valence-electron chi connectivity index (χ4n) is 3.17. The number of benzene rings is 2. The van der Waals surface area contributed by atoms with E-state index >= 15 is 0 Å². The van der Waals surface area contributed by atoms with Gasteiger partial charge in [0, 0.05) is 18.1 Å². The molecule has 0 spiro atoms. The maximum Gasteiger partial charge on any atom is 0.234 e. The Morgan fingerprint density at radius 1 is 1.14 bits per heavy atom. The summed E-state index contributed by atoms with van der Waals surface area (Å²) in [6.07, 6.45) is 0.982. The average Bonchev–Trinajstić information content (AvgIpc) is 2.74. The molecular formula is C21H18ClFN4OS. The molecular weight excluding hydrogens is 411 g/mol. The highest BCUT2D eigenvalue weighted by molar-refractivity contribution is 7.99. The number of hydrogen-bond donors (Lipinski definition) is 1. The molecule has 1 aromatic heterocycles. The number of aromatic nitrogens is 2. The van der Waals surface area contributed by atoms with Crippen LogP contribution in [0.15, 0.2) is 59.6 Å². The van der Waals surface area contributed by atoms with E-state index in [4.69, 9.17) is 11.6 Å². The predicted octanol–water partition coefficient (Wildman–Crippen LogP) is 4.56. The summed E-state index contributed by atoms with van der Waals surface area (Å²) in [5.41, 5.74) is 2.80. The number of carbonyl (C=O) groups excluding carboxylic acids is 1. The van der Waals surface area contributed by atoms with Crippen molar-refractivity contribution in [1.82, 2.24) is 10.2 Å². The zero-order chi connectivity index (χ0) is 20.2.